The maximum atomic E-state index is 6.16. The maximum absolute atomic E-state index is 6.16. The molecule has 0 saturated carbocycles. The summed E-state index contributed by atoms with van der Waals surface area (Å²) in [6.07, 6.45) is 9.09. The number of hydrogen-bond donors (Lipinski definition) is 0. The number of anilines is 1. The number of aromatic nitrogens is 4. The molecule has 1 saturated heterocycles. The third kappa shape index (κ3) is 3.18. The number of pyridine rings is 1. The minimum Gasteiger partial charge on any atom is -0.370 e. The number of hydrogen-bond acceptors (Lipinski definition) is 4. The van der Waals surface area contributed by atoms with Gasteiger partial charge in [0, 0.05) is 54.3 Å². The molecule has 5 rings (SSSR count). The van der Waals surface area contributed by atoms with Crippen LogP contribution in [-0.4, -0.2) is 32.8 Å². The maximum Gasteiger partial charge on any atom is 0.137 e. The number of aryl methyl sites for hydroxylation is 1. The number of nitrogens with zero attached hydrogens (tertiary/aromatic N) is 5. The van der Waals surface area contributed by atoms with Gasteiger partial charge in [-0.1, -0.05) is 18.0 Å². The average molecular weight is 382 g/mol. The summed E-state index contributed by atoms with van der Waals surface area (Å²) in [7, 11) is 0. The van der Waals surface area contributed by atoms with Crippen molar-refractivity contribution in [3.05, 3.63) is 47.1 Å². The molecule has 2 aliphatic rings. The summed E-state index contributed by atoms with van der Waals surface area (Å²) in [6.45, 7) is 3.13. The van der Waals surface area contributed by atoms with E-state index >= 15 is 0 Å². The highest BCUT2D eigenvalue weighted by atomic mass is 35.5. The molecular weight excluding hydrogens is 358 g/mol. The average Bonchev–Trinajstić information content (AvgIpc) is 2.96. The Balaban J connectivity index is 1.46. The third-order valence-corrected chi connectivity index (χ3v) is 6.18. The van der Waals surface area contributed by atoms with Crippen molar-refractivity contribution in [1.29, 1.82) is 0 Å². The van der Waals surface area contributed by atoms with Crippen LogP contribution in [0, 0.1) is 0 Å². The fourth-order valence-corrected chi connectivity index (χ4v) is 4.76. The van der Waals surface area contributed by atoms with Crippen molar-refractivity contribution in [3.8, 4) is 0 Å². The Morgan fingerprint density at radius 3 is 2.93 bits per heavy atom. The van der Waals surface area contributed by atoms with Crippen LogP contribution >= 0.6 is 11.6 Å². The summed E-state index contributed by atoms with van der Waals surface area (Å²) in [5.74, 6) is 2.82. The Bertz CT molecular complexity index is 966. The standard InChI is InChI=1S/C21H24ClN5/c22-16-7-8-17-18(13-16)23-10-9-19(17)26-11-4-5-15(14-26)21-25-24-20-6-2-1-3-12-27(20)21/h7-10,13,15H,1-6,11-12,14H2. The smallest absolute Gasteiger partial charge is 0.137 e. The first-order valence-corrected chi connectivity index (χ1v) is 10.4. The van der Waals surface area contributed by atoms with E-state index in [9.17, 15) is 0 Å². The van der Waals surface area contributed by atoms with Crippen molar-refractivity contribution in [1.82, 2.24) is 19.7 Å². The van der Waals surface area contributed by atoms with E-state index in [1.807, 2.05) is 18.3 Å². The molecule has 0 N–H and O–H groups in total. The molecule has 1 unspecified atom stereocenters. The van der Waals surface area contributed by atoms with Gasteiger partial charge in [0.15, 0.2) is 0 Å². The van der Waals surface area contributed by atoms with Crippen molar-refractivity contribution in [2.75, 3.05) is 18.0 Å². The summed E-state index contributed by atoms with van der Waals surface area (Å²) in [6, 6.07) is 8.12. The molecule has 1 aromatic carbocycles. The molecule has 0 amide bonds. The first-order valence-electron chi connectivity index (χ1n) is 10.0. The quantitative estimate of drug-likeness (QED) is 0.651. The van der Waals surface area contributed by atoms with E-state index < -0.39 is 0 Å². The number of fused-ring (bicyclic) bond motifs is 2. The van der Waals surface area contributed by atoms with Gasteiger partial charge in [0.1, 0.15) is 11.6 Å². The van der Waals surface area contributed by atoms with E-state index in [2.05, 4.69) is 36.8 Å². The van der Waals surface area contributed by atoms with Crippen LogP contribution < -0.4 is 4.90 Å². The largest absolute Gasteiger partial charge is 0.370 e. The monoisotopic (exact) mass is 381 g/mol. The van der Waals surface area contributed by atoms with Gasteiger partial charge in [-0.25, -0.2) is 0 Å². The lowest BCUT2D eigenvalue weighted by Crippen LogP contribution is -2.35. The van der Waals surface area contributed by atoms with Crippen LogP contribution in [0.15, 0.2) is 30.5 Å². The van der Waals surface area contributed by atoms with Crippen molar-refractivity contribution < 1.29 is 0 Å². The fraction of sp³-hybridized carbons (Fsp3) is 0.476. The minimum atomic E-state index is 0.439. The highest BCUT2D eigenvalue weighted by Crippen LogP contribution is 2.34. The van der Waals surface area contributed by atoms with E-state index in [-0.39, 0.29) is 0 Å². The molecule has 0 bridgehead atoms. The number of benzene rings is 1. The van der Waals surface area contributed by atoms with Crippen LogP contribution in [0.2, 0.25) is 5.02 Å². The van der Waals surface area contributed by atoms with Crippen molar-refractivity contribution >= 4 is 28.2 Å². The van der Waals surface area contributed by atoms with Crippen molar-refractivity contribution in [2.24, 2.45) is 0 Å². The Morgan fingerprint density at radius 1 is 1.00 bits per heavy atom. The van der Waals surface area contributed by atoms with E-state index in [4.69, 9.17) is 11.6 Å². The molecule has 1 atom stereocenters. The summed E-state index contributed by atoms with van der Waals surface area (Å²) in [4.78, 5) is 6.99. The highest BCUT2D eigenvalue weighted by molar-refractivity contribution is 6.31. The van der Waals surface area contributed by atoms with Gasteiger partial charge in [-0.05, 0) is 49.9 Å². The van der Waals surface area contributed by atoms with E-state index in [1.165, 1.54) is 54.8 Å². The molecule has 2 aromatic heterocycles. The van der Waals surface area contributed by atoms with Gasteiger partial charge in [-0.15, -0.1) is 10.2 Å². The third-order valence-electron chi connectivity index (χ3n) is 5.95. The lowest BCUT2D eigenvalue weighted by Gasteiger charge is -2.34. The summed E-state index contributed by atoms with van der Waals surface area (Å²) in [5.41, 5.74) is 2.20. The predicted molar refractivity (Wildman–Crippen MR) is 109 cm³/mol. The molecule has 4 heterocycles. The van der Waals surface area contributed by atoms with Gasteiger partial charge < -0.3 is 9.47 Å². The topological polar surface area (TPSA) is 46.8 Å². The summed E-state index contributed by atoms with van der Waals surface area (Å²) >= 11 is 6.16. The van der Waals surface area contributed by atoms with Gasteiger partial charge >= 0.3 is 0 Å². The predicted octanol–water partition coefficient (Wildman–Crippen LogP) is 4.59. The molecule has 1 fully saturated rings. The molecule has 0 spiro atoms. The first kappa shape index (κ1) is 17.0. The number of rotatable bonds is 2. The molecule has 140 valence electrons. The van der Waals surface area contributed by atoms with Crippen LogP contribution in [0.1, 0.15) is 49.7 Å². The highest BCUT2D eigenvalue weighted by Gasteiger charge is 2.28. The van der Waals surface area contributed by atoms with E-state index in [1.54, 1.807) is 0 Å². The van der Waals surface area contributed by atoms with Gasteiger partial charge in [0.25, 0.3) is 0 Å². The molecule has 6 heteroatoms. The Kier molecular flexibility index (Phi) is 4.48. The molecule has 0 aliphatic carbocycles. The van der Waals surface area contributed by atoms with Gasteiger partial charge in [0.05, 0.1) is 5.52 Å². The Labute approximate surface area is 164 Å². The minimum absolute atomic E-state index is 0.439. The molecule has 5 nitrogen and oxygen atoms in total. The van der Waals surface area contributed by atoms with Gasteiger partial charge in [-0.2, -0.15) is 0 Å². The van der Waals surface area contributed by atoms with Gasteiger partial charge in [-0.3, -0.25) is 4.98 Å². The summed E-state index contributed by atoms with van der Waals surface area (Å²) in [5, 5.41) is 11.0. The molecule has 3 aromatic rings. The number of halogens is 1. The molecule has 2 aliphatic heterocycles. The lowest BCUT2D eigenvalue weighted by atomic mass is 9.96. The second-order valence-corrected chi connectivity index (χ2v) is 8.15. The van der Waals surface area contributed by atoms with Gasteiger partial charge in [0.2, 0.25) is 0 Å². The first-order chi connectivity index (χ1) is 13.3. The van der Waals surface area contributed by atoms with Crippen LogP contribution in [0.4, 0.5) is 5.69 Å². The van der Waals surface area contributed by atoms with E-state index in [0.717, 1.165) is 36.6 Å². The zero-order valence-electron chi connectivity index (χ0n) is 15.4. The van der Waals surface area contributed by atoms with Crippen LogP contribution in [0.3, 0.4) is 0 Å². The normalized spacial score (nSPS) is 20.5. The van der Waals surface area contributed by atoms with E-state index in [0.29, 0.717) is 5.92 Å². The fourth-order valence-electron chi connectivity index (χ4n) is 4.60. The lowest BCUT2D eigenvalue weighted by molar-refractivity contribution is 0.466. The van der Waals surface area contributed by atoms with Crippen LogP contribution in [0.25, 0.3) is 10.9 Å². The SMILES string of the molecule is Clc1ccc2c(N3CCCC(c4nnc5n4CCCCC5)C3)ccnc2c1. The molecule has 0 radical (unpaired) electrons. The molecular formula is C21H24ClN5. The number of piperidine rings is 1. The van der Waals surface area contributed by atoms with Crippen LogP contribution in [-0.2, 0) is 13.0 Å². The Hall–Kier alpha value is -2.14. The van der Waals surface area contributed by atoms with Crippen molar-refractivity contribution in [2.45, 2.75) is 51.0 Å². The summed E-state index contributed by atoms with van der Waals surface area (Å²) < 4.78 is 2.41. The molecule has 27 heavy (non-hydrogen) atoms. The second kappa shape index (κ2) is 7.12. The zero-order chi connectivity index (χ0) is 18.2. The Morgan fingerprint density at radius 2 is 1.96 bits per heavy atom. The second-order valence-electron chi connectivity index (χ2n) is 7.71. The zero-order valence-corrected chi connectivity index (χ0v) is 16.2. The van der Waals surface area contributed by atoms with Crippen LogP contribution in [0.5, 0.6) is 0 Å². The van der Waals surface area contributed by atoms with Crippen molar-refractivity contribution in [3.63, 3.8) is 0 Å².